The Hall–Kier alpha value is -1.92. The second kappa shape index (κ2) is 7.77. The molecule has 0 unspecified atom stereocenters. The summed E-state index contributed by atoms with van der Waals surface area (Å²) in [7, 11) is 1.33. The Morgan fingerprint density at radius 3 is 2.42 bits per heavy atom. The molecule has 124 valence electrons. The van der Waals surface area contributed by atoms with Crippen molar-refractivity contribution in [2.24, 2.45) is 0 Å². The van der Waals surface area contributed by atoms with E-state index >= 15 is 0 Å². The molecule has 1 amide bonds. The van der Waals surface area contributed by atoms with Crippen LogP contribution in [0.15, 0.2) is 48.5 Å². The van der Waals surface area contributed by atoms with Gasteiger partial charge in [0.2, 0.25) is 0 Å². The average Bonchev–Trinajstić information content (AvgIpc) is 3.16. The molecular weight excluding hydrogens is 342 g/mol. The first kappa shape index (κ1) is 16.9. The first-order chi connectivity index (χ1) is 11.7. The van der Waals surface area contributed by atoms with E-state index in [9.17, 15) is 9.59 Å². The molecule has 1 fully saturated rings. The van der Waals surface area contributed by atoms with Crippen LogP contribution in [-0.4, -0.2) is 30.5 Å². The van der Waals surface area contributed by atoms with Crippen molar-refractivity contribution in [3.05, 3.63) is 65.2 Å². The van der Waals surface area contributed by atoms with Crippen LogP contribution in [0, 0.1) is 0 Å². The number of hydrogen-bond acceptors (Lipinski definition) is 5. The van der Waals surface area contributed by atoms with Crippen LogP contribution < -0.4 is 5.32 Å². The van der Waals surface area contributed by atoms with E-state index in [0.717, 1.165) is 0 Å². The Morgan fingerprint density at radius 1 is 1.04 bits per heavy atom. The van der Waals surface area contributed by atoms with E-state index in [1.165, 1.54) is 24.2 Å². The number of esters is 1. The number of carbonyl (C=O) groups is 2. The van der Waals surface area contributed by atoms with E-state index in [0.29, 0.717) is 21.4 Å². The zero-order valence-corrected chi connectivity index (χ0v) is 14.8. The first-order valence-corrected chi connectivity index (χ1v) is 9.60. The number of hydrogen-bond donors (Lipinski definition) is 1. The Kier molecular flexibility index (Phi) is 5.48. The van der Waals surface area contributed by atoms with Gasteiger partial charge < -0.3 is 10.1 Å². The lowest BCUT2D eigenvalue weighted by Crippen LogP contribution is -2.12. The fourth-order valence-electron chi connectivity index (χ4n) is 2.39. The summed E-state index contributed by atoms with van der Waals surface area (Å²) in [6, 6.07) is 14.4. The number of methoxy groups -OCH3 is 1. The normalized spacial score (nSPS) is 14.4. The molecule has 0 spiro atoms. The summed E-state index contributed by atoms with van der Waals surface area (Å²) in [5.41, 5.74) is 2.80. The van der Waals surface area contributed by atoms with Gasteiger partial charge in [0.1, 0.15) is 0 Å². The third kappa shape index (κ3) is 3.94. The van der Waals surface area contributed by atoms with Crippen LogP contribution in [0.5, 0.6) is 0 Å². The molecule has 0 aromatic heterocycles. The number of anilines is 1. The van der Waals surface area contributed by atoms with Gasteiger partial charge in [-0.25, -0.2) is 4.79 Å². The highest BCUT2D eigenvalue weighted by Crippen LogP contribution is 2.45. The van der Waals surface area contributed by atoms with Crippen molar-refractivity contribution in [1.29, 1.82) is 0 Å². The molecule has 4 nitrogen and oxygen atoms in total. The molecule has 2 aromatic carbocycles. The minimum atomic E-state index is -0.429. The van der Waals surface area contributed by atoms with Crippen LogP contribution in [0.3, 0.4) is 0 Å². The van der Waals surface area contributed by atoms with Gasteiger partial charge >= 0.3 is 5.97 Å². The topological polar surface area (TPSA) is 55.4 Å². The van der Waals surface area contributed by atoms with E-state index in [4.69, 9.17) is 0 Å². The van der Waals surface area contributed by atoms with Crippen molar-refractivity contribution in [2.45, 2.75) is 4.58 Å². The Morgan fingerprint density at radius 2 is 1.75 bits per heavy atom. The summed E-state index contributed by atoms with van der Waals surface area (Å²) >= 11 is 3.87. The average molecular weight is 359 g/mol. The largest absolute Gasteiger partial charge is 0.465 e. The van der Waals surface area contributed by atoms with Crippen molar-refractivity contribution in [1.82, 2.24) is 0 Å². The summed E-state index contributed by atoms with van der Waals surface area (Å²) in [5.74, 6) is 1.72. The molecule has 2 aromatic rings. The summed E-state index contributed by atoms with van der Waals surface area (Å²) < 4.78 is 5.16. The van der Waals surface area contributed by atoms with E-state index in [-0.39, 0.29) is 5.91 Å². The first-order valence-electron chi connectivity index (χ1n) is 7.50. The number of carbonyl (C=O) groups excluding carboxylic acids is 2. The Balaban J connectivity index is 1.69. The smallest absolute Gasteiger partial charge is 0.337 e. The van der Waals surface area contributed by atoms with Gasteiger partial charge in [-0.3, -0.25) is 4.79 Å². The van der Waals surface area contributed by atoms with Gasteiger partial charge in [0, 0.05) is 22.8 Å². The number of thioether (sulfide) groups is 2. The van der Waals surface area contributed by atoms with Crippen molar-refractivity contribution in [3.8, 4) is 0 Å². The highest BCUT2D eigenvalue weighted by Gasteiger charge is 2.18. The zero-order chi connectivity index (χ0) is 16.9. The number of ether oxygens (including phenoxy) is 1. The molecule has 1 heterocycles. The van der Waals surface area contributed by atoms with Crippen LogP contribution in [-0.2, 0) is 4.74 Å². The minimum Gasteiger partial charge on any atom is -0.465 e. The van der Waals surface area contributed by atoms with E-state index in [1.54, 1.807) is 24.3 Å². The maximum absolute atomic E-state index is 12.4. The maximum Gasteiger partial charge on any atom is 0.337 e. The summed E-state index contributed by atoms with van der Waals surface area (Å²) in [6.07, 6.45) is 0. The molecule has 1 aliphatic rings. The van der Waals surface area contributed by atoms with Gasteiger partial charge in [0.15, 0.2) is 0 Å². The third-order valence-electron chi connectivity index (χ3n) is 3.61. The third-order valence-corrected chi connectivity index (χ3v) is 6.71. The van der Waals surface area contributed by atoms with Gasteiger partial charge in [0.25, 0.3) is 5.91 Å². The quantitative estimate of drug-likeness (QED) is 0.829. The highest BCUT2D eigenvalue weighted by atomic mass is 32.2. The Labute approximate surface area is 149 Å². The van der Waals surface area contributed by atoms with E-state index in [1.807, 2.05) is 47.8 Å². The molecule has 0 saturated carbocycles. The monoisotopic (exact) mass is 359 g/mol. The lowest BCUT2D eigenvalue weighted by Gasteiger charge is -2.10. The van der Waals surface area contributed by atoms with Gasteiger partial charge in [-0.05, 0) is 35.9 Å². The highest BCUT2D eigenvalue weighted by molar-refractivity contribution is 8.19. The van der Waals surface area contributed by atoms with Crippen LogP contribution in [0.25, 0.3) is 0 Å². The van der Waals surface area contributed by atoms with Crippen LogP contribution in [0.1, 0.15) is 30.9 Å². The molecule has 0 bridgehead atoms. The summed E-state index contributed by atoms with van der Waals surface area (Å²) in [5, 5.41) is 2.81. The van der Waals surface area contributed by atoms with Gasteiger partial charge in [-0.2, -0.15) is 0 Å². The molecule has 3 rings (SSSR count). The lowest BCUT2D eigenvalue weighted by atomic mass is 10.1. The number of nitrogens with one attached hydrogen (secondary N) is 1. The van der Waals surface area contributed by atoms with Gasteiger partial charge in [-0.1, -0.05) is 18.2 Å². The fraction of sp³-hybridized carbons (Fsp3) is 0.222. The molecule has 1 N–H and O–H groups in total. The second-order valence-electron chi connectivity index (χ2n) is 5.22. The van der Waals surface area contributed by atoms with E-state index < -0.39 is 5.97 Å². The van der Waals surface area contributed by atoms with Gasteiger partial charge in [0.05, 0.1) is 17.3 Å². The standard InChI is InChI=1S/C18H17NO3S2/c1-22-17(21)14-3-2-4-15(11-14)19-16(20)12-5-7-13(8-6-12)18-23-9-10-24-18/h2-8,11,18H,9-10H2,1H3,(H,19,20). The van der Waals surface area contributed by atoms with Gasteiger partial charge in [-0.15, -0.1) is 23.5 Å². The predicted octanol–water partition coefficient (Wildman–Crippen LogP) is 4.20. The predicted molar refractivity (Wildman–Crippen MR) is 99.8 cm³/mol. The summed E-state index contributed by atoms with van der Waals surface area (Å²) in [6.45, 7) is 0. The van der Waals surface area contributed by atoms with Crippen LogP contribution >= 0.6 is 23.5 Å². The molecular formula is C18H17NO3S2. The molecule has 6 heteroatoms. The van der Waals surface area contributed by atoms with E-state index in [2.05, 4.69) is 10.1 Å². The molecule has 0 atom stereocenters. The Bertz CT molecular complexity index is 740. The number of benzene rings is 2. The van der Waals surface area contributed by atoms with Crippen molar-refractivity contribution in [2.75, 3.05) is 23.9 Å². The van der Waals surface area contributed by atoms with Crippen LogP contribution in [0.2, 0.25) is 0 Å². The zero-order valence-electron chi connectivity index (χ0n) is 13.2. The molecule has 1 aliphatic heterocycles. The number of rotatable bonds is 4. The second-order valence-corrected chi connectivity index (χ2v) is 7.95. The maximum atomic E-state index is 12.4. The van der Waals surface area contributed by atoms with Crippen molar-refractivity contribution < 1.29 is 14.3 Å². The number of amides is 1. The van der Waals surface area contributed by atoms with Crippen molar-refractivity contribution >= 4 is 41.1 Å². The molecule has 0 aliphatic carbocycles. The fourth-order valence-corrected chi connectivity index (χ4v) is 5.25. The van der Waals surface area contributed by atoms with Crippen molar-refractivity contribution in [3.63, 3.8) is 0 Å². The molecule has 1 saturated heterocycles. The summed E-state index contributed by atoms with van der Waals surface area (Å²) in [4.78, 5) is 23.9. The lowest BCUT2D eigenvalue weighted by molar-refractivity contribution is 0.0600. The SMILES string of the molecule is COC(=O)c1cccc(NC(=O)c2ccc(C3SCCS3)cc2)c1. The minimum absolute atomic E-state index is 0.199. The molecule has 24 heavy (non-hydrogen) atoms. The molecule has 0 radical (unpaired) electrons. The van der Waals surface area contributed by atoms with Crippen LogP contribution in [0.4, 0.5) is 5.69 Å².